The van der Waals surface area contributed by atoms with Crippen molar-refractivity contribution in [2.45, 2.75) is 5.92 Å². The maximum Gasteiger partial charge on any atom is 0.0352 e. The number of hydrogen-bond donors (Lipinski definition) is 0. The Labute approximate surface area is 217 Å². The quantitative estimate of drug-likeness (QED) is 0.251. The average Bonchev–Trinajstić information content (AvgIpc) is 2.97. The van der Waals surface area contributed by atoms with Crippen molar-refractivity contribution < 1.29 is 0 Å². The first-order valence-electron chi connectivity index (χ1n) is 12.7. The minimum Gasteiger partial charge on any atom is -0.264 e. The van der Waals surface area contributed by atoms with E-state index in [9.17, 15) is 0 Å². The fourth-order valence-corrected chi connectivity index (χ4v) is 5.74. The molecule has 1 heteroatoms. The summed E-state index contributed by atoms with van der Waals surface area (Å²) in [5.41, 5.74) is 9.81. The molecule has 0 radical (unpaired) electrons. The smallest absolute Gasteiger partial charge is 0.0352 e. The molecule has 1 unspecified atom stereocenters. The lowest BCUT2D eigenvalue weighted by Crippen LogP contribution is -2.09. The maximum atomic E-state index is 4.62. The highest BCUT2D eigenvalue weighted by Gasteiger charge is 2.26. The molecule has 0 N–H and O–H groups in total. The van der Waals surface area contributed by atoms with Gasteiger partial charge in [0.15, 0.2) is 0 Å². The highest BCUT2D eigenvalue weighted by atomic mass is 14.6. The van der Waals surface area contributed by atoms with Gasteiger partial charge in [0.25, 0.3) is 0 Å². The lowest BCUT2D eigenvalue weighted by atomic mass is 9.75. The molecular weight excluding hydrogens is 446 g/mol. The van der Waals surface area contributed by atoms with E-state index >= 15 is 0 Å². The normalized spacial score (nSPS) is 15.0. The van der Waals surface area contributed by atoms with Crippen LogP contribution in [0.15, 0.2) is 140 Å². The monoisotopic (exact) mass is 471 g/mol. The summed E-state index contributed by atoms with van der Waals surface area (Å²) in [7, 11) is 0. The Morgan fingerprint density at radius 3 is 2.19 bits per heavy atom. The minimum absolute atomic E-state index is 0.104. The van der Waals surface area contributed by atoms with Gasteiger partial charge in [0.2, 0.25) is 0 Å². The predicted octanol–water partition coefficient (Wildman–Crippen LogP) is 9.30. The summed E-state index contributed by atoms with van der Waals surface area (Å²) in [4.78, 5) is 4.36. The summed E-state index contributed by atoms with van der Waals surface area (Å²) in [5.74, 6) is 0.104. The van der Waals surface area contributed by atoms with Gasteiger partial charge in [-0.25, -0.2) is 0 Å². The molecule has 0 amide bonds. The third kappa shape index (κ3) is 3.59. The number of rotatable bonds is 3. The van der Waals surface area contributed by atoms with Crippen molar-refractivity contribution in [3.63, 3.8) is 0 Å². The third-order valence-electron chi connectivity index (χ3n) is 7.60. The van der Waals surface area contributed by atoms with Crippen LogP contribution in [0, 0.1) is 0 Å². The number of benzene rings is 5. The molecule has 1 heterocycles. The predicted molar refractivity (Wildman–Crippen MR) is 156 cm³/mol. The van der Waals surface area contributed by atoms with E-state index in [1.807, 2.05) is 12.4 Å². The van der Waals surface area contributed by atoms with E-state index in [2.05, 4.69) is 133 Å². The summed E-state index contributed by atoms with van der Waals surface area (Å²) in [6.07, 6.45) is 6.21. The Bertz CT molecular complexity index is 1820. The Hall–Kier alpha value is -4.75. The number of aromatic nitrogens is 1. The van der Waals surface area contributed by atoms with Crippen LogP contribution in [-0.4, -0.2) is 4.98 Å². The first kappa shape index (κ1) is 21.5. The van der Waals surface area contributed by atoms with Crippen molar-refractivity contribution in [3.05, 3.63) is 163 Å². The molecule has 0 fully saturated rings. The van der Waals surface area contributed by atoms with Crippen LogP contribution >= 0.6 is 0 Å². The molecule has 1 atom stereocenters. The molecule has 0 saturated carbocycles. The van der Waals surface area contributed by atoms with Crippen LogP contribution in [0.1, 0.15) is 28.2 Å². The maximum absolute atomic E-state index is 4.62. The molecule has 0 spiro atoms. The Kier molecular flexibility index (Phi) is 5.08. The van der Waals surface area contributed by atoms with Gasteiger partial charge in [-0.2, -0.15) is 0 Å². The van der Waals surface area contributed by atoms with Crippen molar-refractivity contribution >= 4 is 32.7 Å². The average molecular weight is 472 g/mol. The van der Waals surface area contributed by atoms with Gasteiger partial charge in [-0.1, -0.05) is 122 Å². The zero-order valence-electron chi connectivity index (χ0n) is 20.4. The second-order valence-electron chi connectivity index (χ2n) is 9.68. The molecule has 1 aliphatic carbocycles. The van der Waals surface area contributed by atoms with Crippen molar-refractivity contribution in [2.75, 3.05) is 0 Å². The van der Waals surface area contributed by atoms with Gasteiger partial charge in [0.05, 0.1) is 0 Å². The summed E-state index contributed by atoms with van der Waals surface area (Å²) >= 11 is 0. The Morgan fingerprint density at radius 1 is 0.568 bits per heavy atom. The number of fused-ring (bicyclic) bond motifs is 4. The van der Waals surface area contributed by atoms with Crippen molar-refractivity contribution in [3.8, 4) is 11.1 Å². The highest BCUT2D eigenvalue weighted by Crippen LogP contribution is 2.46. The van der Waals surface area contributed by atoms with Crippen LogP contribution in [0.3, 0.4) is 0 Å². The first-order chi connectivity index (χ1) is 18.3. The molecule has 0 aliphatic heterocycles. The van der Waals surface area contributed by atoms with Crippen LogP contribution in [0.2, 0.25) is 0 Å². The second-order valence-corrected chi connectivity index (χ2v) is 9.68. The fourth-order valence-electron chi connectivity index (χ4n) is 5.74. The van der Waals surface area contributed by atoms with E-state index in [0.29, 0.717) is 0 Å². The highest BCUT2D eigenvalue weighted by molar-refractivity contribution is 6.05. The number of hydrogen-bond acceptors (Lipinski definition) is 1. The lowest BCUT2D eigenvalue weighted by Gasteiger charge is -2.29. The zero-order valence-corrected chi connectivity index (χ0v) is 20.4. The molecule has 37 heavy (non-hydrogen) atoms. The Morgan fingerprint density at radius 2 is 1.32 bits per heavy atom. The topological polar surface area (TPSA) is 12.9 Å². The first-order valence-corrected chi connectivity index (χ1v) is 12.7. The van der Waals surface area contributed by atoms with Crippen molar-refractivity contribution in [1.82, 2.24) is 4.98 Å². The molecule has 7 rings (SSSR count). The van der Waals surface area contributed by atoms with Crippen LogP contribution < -0.4 is 0 Å². The minimum atomic E-state index is 0.104. The molecular formula is C36H25N. The number of allylic oxidation sites excluding steroid dienone is 2. The summed E-state index contributed by atoms with van der Waals surface area (Å²) in [6, 6.07) is 41.3. The summed E-state index contributed by atoms with van der Waals surface area (Å²) < 4.78 is 0. The second kappa shape index (κ2) is 8.72. The van der Waals surface area contributed by atoms with Gasteiger partial charge in [0, 0.05) is 23.7 Å². The lowest BCUT2D eigenvalue weighted by molar-refractivity contribution is 1.09. The van der Waals surface area contributed by atoms with Gasteiger partial charge in [-0.15, -0.1) is 0 Å². The molecule has 0 saturated heterocycles. The van der Waals surface area contributed by atoms with E-state index in [-0.39, 0.29) is 5.92 Å². The molecule has 1 aromatic heterocycles. The fraction of sp³-hybridized carbons (Fsp3) is 0.0278. The Balaban J connectivity index is 1.37. The van der Waals surface area contributed by atoms with Gasteiger partial charge >= 0.3 is 0 Å². The van der Waals surface area contributed by atoms with E-state index in [0.717, 1.165) is 5.57 Å². The van der Waals surface area contributed by atoms with Crippen molar-refractivity contribution in [1.29, 1.82) is 0 Å². The van der Waals surface area contributed by atoms with Crippen LogP contribution in [0.4, 0.5) is 0 Å². The zero-order chi connectivity index (χ0) is 24.8. The van der Waals surface area contributed by atoms with E-state index in [1.165, 1.54) is 60.5 Å². The van der Waals surface area contributed by atoms with E-state index in [4.69, 9.17) is 0 Å². The molecule has 1 nitrogen and oxygen atoms in total. The summed E-state index contributed by atoms with van der Waals surface area (Å²) in [6.45, 7) is 4.62. The molecule has 174 valence electrons. The number of nitrogens with zero attached hydrogens (tertiary/aromatic N) is 1. The van der Waals surface area contributed by atoms with Gasteiger partial charge in [0.1, 0.15) is 0 Å². The van der Waals surface area contributed by atoms with E-state index < -0.39 is 0 Å². The third-order valence-corrected chi connectivity index (χ3v) is 7.60. The number of pyridine rings is 1. The SMILES string of the molecule is C=C1c2ccc3ccccc3c2C(c2ccccc2)=CC1c1ccc(-c2cccc3ccncc23)cc1. The van der Waals surface area contributed by atoms with Crippen LogP contribution in [0.5, 0.6) is 0 Å². The van der Waals surface area contributed by atoms with E-state index in [1.54, 1.807) is 0 Å². The van der Waals surface area contributed by atoms with Gasteiger partial charge < -0.3 is 0 Å². The molecule has 1 aliphatic rings. The van der Waals surface area contributed by atoms with Crippen LogP contribution in [-0.2, 0) is 0 Å². The van der Waals surface area contributed by atoms with Gasteiger partial charge in [-0.05, 0) is 66.8 Å². The van der Waals surface area contributed by atoms with Gasteiger partial charge in [-0.3, -0.25) is 4.98 Å². The van der Waals surface area contributed by atoms with Crippen LogP contribution in [0.25, 0.3) is 43.8 Å². The standard InChI is InChI=1S/C36H25N/c1-24-30-19-18-26-10-5-6-12-32(26)36(30)34(25-8-3-2-4-9-25)22-33(24)29-16-14-28(15-17-29)31-13-7-11-27-20-21-37-23-35(27)31/h2-23,33H,1H2. The van der Waals surface area contributed by atoms with Crippen molar-refractivity contribution in [2.24, 2.45) is 0 Å². The molecule has 6 aromatic rings. The molecule has 5 aromatic carbocycles. The largest absolute Gasteiger partial charge is 0.264 e. The molecule has 0 bridgehead atoms. The summed E-state index contributed by atoms with van der Waals surface area (Å²) in [5, 5.41) is 4.90.